The van der Waals surface area contributed by atoms with Crippen LogP contribution in [0.5, 0.6) is 0 Å². The van der Waals surface area contributed by atoms with Gasteiger partial charge in [0.25, 0.3) is 5.69 Å². The molecule has 0 bridgehead atoms. The molecule has 2 heterocycles. The molecule has 0 spiro atoms. The summed E-state index contributed by atoms with van der Waals surface area (Å²) >= 11 is 1.65. The number of carbonyl (C=O) groups excluding carboxylic acids is 1. The predicted octanol–water partition coefficient (Wildman–Crippen LogP) is 3.91. The molecule has 0 unspecified atom stereocenters. The minimum Gasteiger partial charge on any atom is -0.363 e. The van der Waals surface area contributed by atoms with E-state index >= 15 is 0 Å². The maximum atomic E-state index is 12.7. The second kappa shape index (κ2) is 8.73. The van der Waals surface area contributed by atoms with Crippen LogP contribution in [0.4, 0.5) is 11.4 Å². The van der Waals surface area contributed by atoms with Gasteiger partial charge in [-0.2, -0.15) is 0 Å². The van der Waals surface area contributed by atoms with Crippen LogP contribution < -0.4 is 4.90 Å². The lowest BCUT2D eigenvalue weighted by atomic mass is 10.0. The van der Waals surface area contributed by atoms with E-state index in [9.17, 15) is 14.9 Å². The number of thiazole rings is 1. The fourth-order valence-corrected chi connectivity index (χ4v) is 4.30. The van der Waals surface area contributed by atoms with E-state index in [-0.39, 0.29) is 11.5 Å². The summed E-state index contributed by atoms with van der Waals surface area (Å²) in [6, 6.07) is 13.6. The van der Waals surface area contributed by atoms with E-state index in [1.807, 2.05) is 17.9 Å². The molecule has 7 nitrogen and oxygen atoms in total. The van der Waals surface area contributed by atoms with Crippen molar-refractivity contribution in [1.82, 2.24) is 9.88 Å². The van der Waals surface area contributed by atoms with Crippen molar-refractivity contribution in [1.29, 1.82) is 0 Å². The van der Waals surface area contributed by atoms with Crippen LogP contribution >= 0.6 is 11.3 Å². The van der Waals surface area contributed by atoms with Gasteiger partial charge in [0.1, 0.15) is 5.69 Å². The summed E-state index contributed by atoms with van der Waals surface area (Å²) in [6.45, 7) is 5.78. The van der Waals surface area contributed by atoms with E-state index in [2.05, 4.69) is 15.3 Å². The smallest absolute Gasteiger partial charge is 0.293 e. The van der Waals surface area contributed by atoms with Crippen molar-refractivity contribution >= 4 is 28.5 Å². The van der Waals surface area contributed by atoms with Gasteiger partial charge in [0.2, 0.25) is 0 Å². The molecule has 4 rings (SSSR count). The van der Waals surface area contributed by atoms with Crippen LogP contribution in [-0.2, 0) is 6.54 Å². The van der Waals surface area contributed by atoms with Gasteiger partial charge in [-0.05, 0) is 19.1 Å². The summed E-state index contributed by atoms with van der Waals surface area (Å²) in [5.74, 6) is -0.214. The van der Waals surface area contributed by atoms with Crippen molar-refractivity contribution < 1.29 is 9.72 Å². The Labute approximate surface area is 178 Å². The lowest BCUT2D eigenvalue weighted by molar-refractivity contribution is -0.384. The molecule has 154 valence electrons. The zero-order valence-corrected chi connectivity index (χ0v) is 17.5. The summed E-state index contributed by atoms with van der Waals surface area (Å²) in [6.07, 6.45) is 0. The van der Waals surface area contributed by atoms with E-state index in [0.29, 0.717) is 29.9 Å². The molecule has 0 atom stereocenters. The molecule has 1 aliphatic heterocycles. The Morgan fingerprint density at radius 3 is 2.47 bits per heavy atom. The van der Waals surface area contributed by atoms with Crippen molar-refractivity contribution in [3.63, 3.8) is 0 Å². The van der Waals surface area contributed by atoms with E-state index in [4.69, 9.17) is 0 Å². The highest BCUT2D eigenvalue weighted by Crippen LogP contribution is 2.31. The molecule has 0 saturated carbocycles. The second-order valence-electron chi connectivity index (χ2n) is 7.28. The summed E-state index contributed by atoms with van der Waals surface area (Å²) in [5, 5.41) is 14.9. The first-order chi connectivity index (χ1) is 14.5. The Morgan fingerprint density at radius 1 is 1.10 bits per heavy atom. The number of anilines is 1. The van der Waals surface area contributed by atoms with E-state index < -0.39 is 4.92 Å². The first kappa shape index (κ1) is 20.2. The van der Waals surface area contributed by atoms with Gasteiger partial charge in [0, 0.05) is 55.3 Å². The number of aromatic nitrogens is 1. The number of nitrogens with zero attached hydrogens (tertiary/aromatic N) is 4. The summed E-state index contributed by atoms with van der Waals surface area (Å²) < 4.78 is 0. The molecule has 0 radical (unpaired) electrons. The summed E-state index contributed by atoms with van der Waals surface area (Å²) in [5.41, 5.74) is 2.45. The van der Waals surface area contributed by atoms with Gasteiger partial charge < -0.3 is 4.90 Å². The summed E-state index contributed by atoms with van der Waals surface area (Å²) in [4.78, 5) is 32.9. The van der Waals surface area contributed by atoms with Crippen LogP contribution in [-0.4, -0.2) is 46.8 Å². The molecule has 1 fully saturated rings. The second-order valence-corrected chi connectivity index (χ2v) is 8.34. The third-order valence-corrected chi connectivity index (χ3v) is 6.06. The quantitative estimate of drug-likeness (QED) is 0.340. The largest absolute Gasteiger partial charge is 0.363 e. The molecular weight excluding hydrogens is 400 g/mol. The molecule has 0 amide bonds. The third-order valence-electron chi connectivity index (χ3n) is 5.24. The van der Waals surface area contributed by atoms with Crippen molar-refractivity contribution in [3.05, 3.63) is 85.9 Å². The van der Waals surface area contributed by atoms with Crippen molar-refractivity contribution in [2.45, 2.75) is 13.5 Å². The van der Waals surface area contributed by atoms with Gasteiger partial charge in [0.05, 0.1) is 15.6 Å². The lowest BCUT2D eigenvalue weighted by Crippen LogP contribution is -2.46. The number of benzene rings is 2. The van der Waals surface area contributed by atoms with Crippen LogP contribution in [0, 0.1) is 17.0 Å². The predicted molar refractivity (Wildman–Crippen MR) is 117 cm³/mol. The highest BCUT2D eigenvalue weighted by molar-refractivity contribution is 7.09. The van der Waals surface area contributed by atoms with Crippen LogP contribution in [0.3, 0.4) is 0 Å². The molecule has 30 heavy (non-hydrogen) atoms. The lowest BCUT2D eigenvalue weighted by Gasteiger charge is -2.35. The van der Waals surface area contributed by atoms with Gasteiger partial charge in [-0.1, -0.05) is 30.3 Å². The molecule has 8 heteroatoms. The Bertz CT molecular complexity index is 1060. The SMILES string of the molecule is Cc1nc(CN2CCN(c3ccc(C(=O)c4ccccc4)cc3[N+](=O)[O-])CC2)cs1. The van der Waals surface area contributed by atoms with Gasteiger partial charge in [-0.3, -0.25) is 19.8 Å². The first-order valence-corrected chi connectivity index (χ1v) is 10.7. The first-order valence-electron chi connectivity index (χ1n) is 9.78. The Balaban J connectivity index is 1.49. The van der Waals surface area contributed by atoms with Gasteiger partial charge in [-0.15, -0.1) is 11.3 Å². The topological polar surface area (TPSA) is 79.6 Å². The van der Waals surface area contributed by atoms with Gasteiger partial charge in [-0.25, -0.2) is 4.98 Å². The maximum Gasteiger partial charge on any atom is 0.293 e. The Morgan fingerprint density at radius 2 is 1.83 bits per heavy atom. The number of nitro benzene ring substituents is 1. The number of rotatable bonds is 6. The van der Waals surface area contributed by atoms with Crippen molar-refractivity contribution in [2.75, 3.05) is 31.1 Å². The summed E-state index contributed by atoms with van der Waals surface area (Å²) in [7, 11) is 0. The number of nitro groups is 1. The number of carbonyl (C=O) groups is 1. The zero-order chi connectivity index (χ0) is 21.1. The standard InChI is InChI=1S/C22H22N4O3S/c1-16-23-19(15-30-16)14-24-9-11-25(12-10-24)20-8-7-18(13-21(20)26(28)29)22(27)17-5-3-2-4-6-17/h2-8,13,15H,9-12,14H2,1H3. The minimum absolute atomic E-state index is 0.0274. The van der Waals surface area contributed by atoms with E-state index in [0.717, 1.165) is 30.3 Å². The normalized spacial score (nSPS) is 14.6. The number of ketones is 1. The van der Waals surface area contributed by atoms with Gasteiger partial charge in [0.15, 0.2) is 5.78 Å². The van der Waals surface area contributed by atoms with Crippen LogP contribution in [0.25, 0.3) is 0 Å². The van der Waals surface area contributed by atoms with E-state index in [1.54, 1.807) is 47.7 Å². The minimum atomic E-state index is -0.401. The Kier molecular flexibility index (Phi) is 5.87. The molecule has 1 aromatic heterocycles. The molecule has 2 aromatic carbocycles. The average Bonchev–Trinajstić information content (AvgIpc) is 3.18. The number of hydrogen-bond acceptors (Lipinski definition) is 7. The highest BCUT2D eigenvalue weighted by Gasteiger charge is 2.25. The van der Waals surface area contributed by atoms with Crippen LogP contribution in [0.1, 0.15) is 26.6 Å². The van der Waals surface area contributed by atoms with E-state index in [1.165, 1.54) is 6.07 Å². The molecule has 1 aliphatic rings. The van der Waals surface area contributed by atoms with Crippen molar-refractivity contribution in [3.8, 4) is 0 Å². The molecular formula is C22H22N4O3S. The van der Waals surface area contributed by atoms with Crippen molar-refractivity contribution in [2.24, 2.45) is 0 Å². The number of hydrogen-bond donors (Lipinski definition) is 0. The van der Waals surface area contributed by atoms with Gasteiger partial charge >= 0.3 is 0 Å². The number of aryl methyl sites for hydroxylation is 1. The molecule has 0 N–H and O–H groups in total. The Hall–Kier alpha value is -3.10. The average molecular weight is 423 g/mol. The monoisotopic (exact) mass is 422 g/mol. The fourth-order valence-electron chi connectivity index (χ4n) is 3.69. The fraction of sp³-hybridized carbons (Fsp3) is 0.273. The van der Waals surface area contributed by atoms with Crippen LogP contribution in [0.2, 0.25) is 0 Å². The molecule has 3 aromatic rings. The van der Waals surface area contributed by atoms with Crippen LogP contribution in [0.15, 0.2) is 53.9 Å². The molecule has 0 aliphatic carbocycles. The maximum absolute atomic E-state index is 12.7. The third kappa shape index (κ3) is 4.39. The molecule has 1 saturated heterocycles. The zero-order valence-electron chi connectivity index (χ0n) is 16.7. The number of piperazine rings is 1. The highest BCUT2D eigenvalue weighted by atomic mass is 32.1.